The maximum Gasteiger partial charge on any atom is 0.146 e. The Labute approximate surface area is 77.1 Å². The lowest BCUT2D eigenvalue weighted by Gasteiger charge is -2.02. The Morgan fingerprint density at radius 2 is 2.08 bits per heavy atom. The molecule has 1 aromatic carbocycles. The zero-order chi connectivity index (χ0) is 9.52. The summed E-state index contributed by atoms with van der Waals surface area (Å²) in [6.45, 7) is 3.29. The van der Waals surface area contributed by atoms with Crippen LogP contribution in [0.2, 0.25) is 0 Å². The van der Waals surface area contributed by atoms with Crippen molar-refractivity contribution in [2.45, 2.75) is 6.42 Å². The average Bonchev–Trinajstić information content (AvgIpc) is 2.19. The molecule has 13 heavy (non-hydrogen) atoms. The van der Waals surface area contributed by atoms with Crippen LogP contribution in [0.3, 0.4) is 0 Å². The summed E-state index contributed by atoms with van der Waals surface area (Å²) in [5.41, 5.74) is 3.75. The smallest absolute Gasteiger partial charge is 0.146 e. The maximum absolute atomic E-state index is 5.14. The lowest BCUT2D eigenvalue weighted by molar-refractivity contribution is 0.978. The van der Waals surface area contributed by atoms with Crippen molar-refractivity contribution < 1.29 is 0 Å². The van der Waals surface area contributed by atoms with Crippen molar-refractivity contribution in [1.82, 2.24) is 5.43 Å². The lowest BCUT2D eigenvalue weighted by Crippen LogP contribution is -2.21. The number of rotatable bonds is 3. The predicted octanol–water partition coefficient (Wildman–Crippen LogP) is 0.707. The van der Waals surface area contributed by atoms with Crippen molar-refractivity contribution in [2.24, 2.45) is 16.0 Å². The molecule has 0 aromatic heterocycles. The normalized spacial score (nSPS) is 10.9. The SMILES string of the molecule is C=NN/C(Cc1ccccc1)=N\N. The van der Waals surface area contributed by atoms with Crippen molar-refractivity contribution in [1.29, 1.82) is 0 Å². The number of hydrogen-bond acceptors (Lipinski definition) is 3. The van der Waals surface area contributed by atoms with Gasteiger partial charge in [-0.15, -0.1) is 0 Å². The monoisotopic (exact) mass is 176 g/mol. The Balaban J connectivity index is 2.62. The number of nitrogens with two attached hydrogens (primary N) is 1. The van der Waals surface area contributed by atoms with Gasteiger partial charge < -0.3 is 5.84 Å². The van der Waals surface area contributed by atoms with E-state index in [4.69, 9.17) is 5.84 Å². The van der Waals surface area contributed by atoms with Crippen LogP contribution in [0.5, 0.6) is 0 Å². The molecular formula is C9H12N4. The molecule has 0 atom stereocenters. The maximum atomic E-state index is 5.14. The van der Waals surface area contributed by atoms with Crippen LogP contribution in [0.4, 0.5) is 0 Å². The first-order valence-electron chi connectivity index (χ1n) is 3.89. The Kier molecular flexibility index (Phi) is 3.50. The highest BCUT2D eigenvalue weighted by Crippen LogP contribution is 1.99. The Hall–Kier alpha value is -1.84. The summed E-state index contributed by atoms with van der Waals surface area (Å²) in [6.07, 6.45) is 0.635. The second-order valence-corrected chi connectivity index (χ2v) is 2.51. The number of hydrazone groups is 2. The molecule has 0 fully saturated rings. The summed E-state index contributed by atoms with van der Waals surface area (Å²) in [5.74, 6) is 5.74. The van der Waals surface area contributed by atoms with Crippen molar-refractivity contribution >= 4 is 12.6 Å². The van der Waals surface area contributed by atoms with Crippen LogP contribution in [-0.4, -0.2) is 12.6 Å². The molecule has 0 unspecified atom stereocenters. The van der Waals surface area contributed by atoms with Gasteiger partial charge in [0, 0.05) is 13.1 Å². The first kappa shape index (κ1) is 9.25. The molecule has 0 spiro atoms. The van der Waals surface area contributed by atoms with Gasteiger partial charge >= 0.3 is 0 Å². The fourth-order valence-corrected chi connectivity index (χ4v) is 0.995. The molecule has 0 bridgehead atoms. The third-order valence-corrected chi connectivity index (χ3v) is 1.58. The van der Waals surface area contributed by atoms with Crippen molar-refractivity contribution in [3.63, 3.8) is 0 Å². The molecule has 0 amide bonds. The molecule has 4 heteroatoms. The first-order valence-corrected chi connectivity index (χ1v) is 3.89. The minimum atomic E-state index is 0.598. The van der Waals surface area contributed by atoms with E-state index in [1.807, 2.05) is 30.3 Å². The average molecular weight is 176 g/mol. The van der Waals surface area contributed by atoms with Crippen LogP contribution < -0.4 is 11.3 Å². The zero-order valence-electron chi connectivity index (χ0n) is 7.27. The molecule has 0 saturated heterocycles. The summed E-state index contributed by atoms with van der Waals surface area (Å²) in [4.78, 5) is 0. The summed E-state index contributed by atoms with van der Waals surface area (Å²) in [7, 11) is 0. The van der Waals surface area contributed by atoms with E-state index >= 15 is 0 Å². The van der Waals surface area contributed by atoms with Crippen molar-refractivity contribution in [3.8, 4) is 0 Å². The number of nitrogens with one attached hydrogen (secondary N) is 1. The van der Waals surface area contributed by atoms with Crippen molar-refractivity contribution in [2.75, 3.05) is 0 Å². The van der Waals surface area contributed by atoms with E-state index in [-0.39, 0.29) is 0 Å². The molecule has 1 rings (SSSR count). The number of benzene rings is 1. The van der Waals surface area contributed by atoms with Crippen LogP contribution in [0.15, 0.2) is 40.5 Å². The van der Waals surface area contributed by atoms with Crippen molar-refractivity contribution in [3.05, 3.63) is 35.9 Å². The predicted molar refractivity (Wildman–Crippen MR) is 54.5 cm³/mol. The fraction of sp³-hybridized carbons (Fsp3) is 0.111. The second kappa shape index (κ2) is 4.92. The van der Waals surface area contributed by atoms with Gasteiger partial charge in [0.1, 0.15) is 5.84 Å². The topological polar surface area (TPSA) is 62.8 Å². The molecule has 0 aliphatic rings. The first-order chi connectivity index (χ1) is 6.36. The van der Waals surface area contributed by atoms with E-state index in [9.17, 15) is 0 Å². The molecular weight excluding hydrogens is 164 g/mol. The van der Waals surface area contributed by atoms with Crippen LogP contribution in [0, 0.1) is 0 Å². The third-order valence-electron chi connectivity index (χ3n) is 1.58. The molecule has 0 aliphatic carbocycles. The Morgan fingerprint density at radius 1 is 1.38 bits per heavy atom. The highest BCUT2D eigenvalue weighted by atomic mass is 15.3. The molecule has 68 valence electrons. The van der Waals surface area contributed by atoms with Gasteiger partial charge in [-0.25, -0.2) is 0 Å². The second-order valence-electron chi connectivity index (χ2n) is 2.51. The molecule has 0 saturated carbocycles. The molecule has 0 radical (unpaired) electrons. The largest absolute Gasteiger partial charge is 0.322 e. The van der Waals surface area contributed by atoms with Crippen LogP contribution in [0.25, 0.3) is 0 Å². The molecule has 3 N–H and O–H groups in total. The molecule has 0 aliphatic heterocycles. The number of nitrogens with zero attached hydrogens (tertiary/aromatic N) is 2. The van der Waals surface area contributed by atoms with E-state index in [0.29, 0.717) is 12.3 Å². The van der Waals surface area contributed by atoms with Crippen LogP contribution >= 0.6 is 0 Å². The standard InChI is InChI=1S/C9H12N4/c1-11-13-9(12-10)7-8-5-3-2-4-6-8/h2-6H,1,7,10H2,(H,12,13). The Morgan fingerprint density at radius 3 is 2.62 bits per heavy atom. The summed E-state index contributed by atoms with van der Waals surface area (Å²) < 4.78 is 0. The lowest BCUT2D eigenvalue weighted by atomic mass is 10.1. The van der Waals surface area contributed by atoms with Gasteiger partial charge in [-0.3, -0.25) is 5.43 Å². The highest BCUT2D eigenvalue weighted by Gasteiger charge is 1.97. The van der Waals surface area contributed by atoms with Gasteiger partial charge in [-0.05, 0) is 5.56 Å². The van der Waals surface area contributed by atoms with Gasteiger partial charge in [-0.2, -0.15) is 10.2 Å². The third kappa shape index (κ3) is 2.94. The van der Waals surface area contributed by atoms with Crippen LogP contribution in [0.1, 0.15) is 5.56 Å². The van der Waals surface area contributed by atoms with Gasteiger partial charge in [0.15, 0.2) is 0 Å². The summed E-state index contributed by atoms with van der Waals surface area (Å²) >= 11 is 0. The number of hydrogen-bond donors (Lipinski definition) is 2. The van der Waals surface area contributed by atoms with E-state index in [1.165, 1.54) is 0 Å². The quantitative estimate of drug-likeness (QED) is 0.308. The van der Waals surface area contributed by atoms with E-state index in [2.05, 4.69) is 22.3 Å². The van der Waals surface area contributed by atoms with E-state index in [0.717, 1.165) is 5.56 Å². The number of amidine groups is 1. The fourth-order valence-electron chi connectivity index (χ4n) is 0.995. The molecule has 0 heterocycles. The van der Waals surface area contributed by atoms with Gasteiger partial charge in [0.2, 0.25) is 0 Å². The molecule has 1 aromatic rings. The summed E-state index contributed by atoms with van der Waals surface area (Å²) in [6, 6.07) is 9.88. The molecule has 4 nitrogen and oxygen atoms in total. The highest BCUT2D eigenvalue weighted by molar-refractivity contribution is 5.84. The minimum absolute atomic E-state index is 0.598. The minimum Gasteiger partial charge on any atom is -0.322 e. The van der Waals surface area contributed by atoms with Gasteiger partial charge in [0.05, 0.1) is 0 Å². The van der Waals surface area contributed by atoms with Crippen LogP contribution in [-0.2, 0) is 6.42 Å². The Bertz CT molecular complexity index is 292. The van der Waals surface area contributed by atoms with E-state index < -0.39 is 0 Å². The summed E-state index contributed by atoms with van der Waals surface area (Å²) in [5, 5.41) is 7.04. The zero-order valence-corrected chi connectivity index (χ0v) is 7.27. The van der Waals surface area contributed by atoms with Gasteiger partial charge in [0.25, 0.3) is 0 Å². The van der Waals surface area contributed by atoms with E-state index in [1.54, 1.807) is 0 Å². The van der Waals surface area contributed by atoms with Gasteiger partial charge in [-0.1, -0.05) is 30.3 Å².